The molecule has 2 aliphatic heterocycles. The molecule has 2 aliphatic rings. The van der Waals surface area contributed by atoms with Crippen molar-refractivity contribution in [1.29, 1.82) is 0 Å². The molecule has 17 heavy (non-hydrogen) atoms. The fourth-order valence-corrected chi connectivity index (χ4v) is 1.81. The number of imide groups is 2. The number of carbonyl (C=O) groups excluding carboxylic acids is 4. The summed E-state index contributed by atoms with van der Waals surface area (Å²) in [5.74, 6) is -0.574. The Balaban J connectivity index is 0.000000284. The maximum absolute atomic E-state index is 10.4. The molecule has 4 amide bonds. The van der Waals surface area contributed by atoms with Gasteiger partial charge in [0, 0.05) is 25.7 Å². The van der Waals surface area contributed by atoms with Crippen molar-refractivity contribution in [1.82, 2.24) is 7.85 Å². The zero-order chi connectivity index (χ0) is 12.3. The monoisotopic (exact) mass is 372 g/mol. The summed E-state index contributed by atoms with van der Waals surface area (Å²) >= 11 is 5.61. The third kappa shape index (κ3) is 4.17. The Morgan fingerprint density at radius 3 is 0.882 bits per heavy atom. The van der Waals surface area contributed by atoms with Crippen LogP contribution in [0.2, 0.25) is 0 Å². The topological polar surface area (TPSA) is 106 Å². The number of rotatable bonds is 0. The Labute approximate surface area is 114 Å². The predicted octanol–water partition coefficient (Wildman–Crippen LogP) is 0.0659. The van der Waals surface area contributed by atoms with Gasteiger partial charge < -0.3 is 5.48 Å². The van der Waals surface area contributed by atoms with Gasteiger partial charge in [0.25, 0.3) is 0 Å². The van der Waals surface area contributed by atoms with Crippen LogP contribution in [0, 0.1) is 0 Å². The van der Waals surface area contributed by atoms with Crippen LogP contribution in [0.25, 0.3) is 0 Å². The number of amides is 4. The molecule has 2 saturated heterocycles. The summed E-state index contributed by atoms with van der Waals surface area (Å²) in [7, 11) is 0. The highest BCUT2D eigenvalue weighted by molar-refractivity contribution is 9.08. The van der Waals surface area contributed by atoms with Crippen molar-refractivity contribution in [3.05, 3.63) is 0 Å². The minimum atomic E-state index is -0.144. The van der Waals surface area contributed by atoms with Crippen LogP contribution < -0.4 is 0 Å². The Morgan fingerprint density at radius 2 is 0.824 bits per heavy atom. The Hall–Kier alpha value is -0.800. The molecule has 0 aromatic heterocycles. The molecule has 2 N–H and O–H groups in total. The normalized spacial score (nSPS) is 19.2. The maximum atomic E-state index is 10.4. The molecule has 2 rings (SSSR count). The average molecular weight is 374 g/mol. The van der Waals surface area contributed by atoms with Gasteiger partial charge in [0.05, 0.1) is 32.3 Å². The van der Waals surface area contributed by atoms with Crippen molar-refractivity contribution in [3.8, 4) is 0 Å². The maximum Gasteiger partial charge on any atom is 0.239 e. The molecule has 96 valence electrons. The zero-order valence-electron chi connectivity index (χ0n) is 8.61. The van der Waals surface area contributed by atoms with Crippen LogP contribution in [0.3, 0.4) is 0 Å². The number of carbonyl (C=O) groups is 4. The fraction of sp³-hybridized carbons (Fsp3) is 0.500. The number of hydrogen-bond acceptors (Lipinski definition) is 4. The van der Waals surface area contributed by atoms with Gasteiger partial charge in [-0.05, 0) is 0 Å². The summed E-state index contributed by atoms with van der Waals surface area (Å²) in [5, 5.41) is 0. The smallest absolute Gasteiger partial charge is 0.239 e. The standard InChI is InChI=1S/2C4H4BrNO2.H2O/c2*5-6-3(7)1-2-4(6)8;/h2*1-2H2;1H2. The number of halogens is 2. The van der Waals surface area contributed by atoms with E-state index in [0.717, 1.165) is 7.85 Å². The van der Waals surface area contributed by atoms with Crippen molar-refractivity contribution in [2.75, 3.05) is 0 Å². The van der Waals surface area contributed by atoms with Crippen LogP contribution in [0.15, 0.2) is 0 Å². The number of nitrogens with zero attached hydrogens (tertiary/aromatic N) is 2. The third-order valence-electron chi connectivity index (χ3n) is 1.98. The molecular formula is C8H10Br2N2O5. The van der Waals surface area contributed by atoms with E-state index >= 15 is 0 Å². The van der Waals surface area contributed by atoms with Crippen LogP contribution in [0.1, 0.15) is 25.7 Å². The van der Waals surface area contributed by atoms with Gasteiger partial charge in [-0.2, -0.15) is 0 Å². The SMILES string of the molecule is O.O=C1CCC(=O)N1Br.O=C1CCC(=O)N1Br. The minimum Gasteiger partial charge on any atom is -0.412 e. The summed E-state index contributed by atoms with van der Waals surface area (Å²) in [6, 6.07) is 0. The van der Waals surface area contributed by atoms with Crippen molar-refractivity contribution in [2.24, 2.45) is 0 Å². The molecule has 0 bridgehead atoms. The van der Waals surface area contributed by atoms with Gasteiger partial charge in [0.2, 0.25) is 23.6 Å². The van der Waals surface area contributed by atoms with E-state index in [-0.39, 0.29) is 29.1 Å². The Kier molecular flexibility index (Phi) is 6.50. The first-order chi connectivity index (χ1) is 7.43. The van der Waals surface area contributed by atoms with Gasteiger partial charge >= 0.3 is 0 Å². The van der Waals surface area contributed by atoms with E-state index < -0.39 is 0 Å². The van der Waals surface area contributed by atoms with Gasteiger partial charge in [-0.15, -0.1) is 0 Å². The molecule has 0 aliphatic carbocycles. The molecular weight excluding hydrogens is 364 g/mol. The summed E-state index contributed by atoms with van der Waals surface area (Å²) < 4.78 is 1.96. The Bertz CT molecular complexity index is 294. The molecule has 0 aromatic carbocycles. The predicted molar refractivity (Wildman–Crippen MR) is 63.6 cm³/mol. The van der Waals surface area contributed by atoms with Crippen LogP contribution in [0.4, 0.5) is 0 Å². The van der Waals surface area contributed by atoms with Crippen molar-refractivity contribution < 1.29 is 24.7 Å². The fourth-order valence-electron chi connectivity index (χ4n) is 1.10. The molecule has 0 aromatic rings. The molecule has 0 atom stereocenters. The molecule has 0 radical (unpaired) electrons. The van der Waals surface area contributed by atoms with Crippen LogP contribution >= 0.6 is 32.3 Å². The van der Waals surface area contributed by atoms with E-state index in [4.69, 9.17) is 0 Å². The lowest BCUT2D eigenvalue weighted by Gasteiger charge is -1.97. The molecule has 0 unspecified atom stereocenters. The highest BCUT2D eigenvalue weighted by Crippen LogP contribution is 2.15. The molecule has 2 fully saturated rings. The second-order valence-electron chi connectivity index (χ2n) is 3.14. The second kappa shape index (κ2) is 6.82. The lowest BCUT2D eigenvalue weighted by atomic mass is 10.4. The van der Waals surface area contributed by atoms with Crippen LogP contribution in [-0.2, 0) is 19.2 Å². The van der Waals surface area contributed by atoms with E-state index in [2.05, 4.69) is 32.3 Å². The lowest BCUT2D eigenvalue weighted by Crippen LogP contribution is -2.16. The third-order valence-corrected chi connectivity index (χ3v) is 3.56. The van der Waals surface area contributed by atoms with Gasteiger partial charge in [-0.1, -0.05) is 0 Å². The van der Waals surface area contributed by atoms with Crippen LogP contribution in [-0.4, -0.2) is 37.0 Å². The van der Waals surface area contributed by atoms with Gasteiger partial charge in [0.15, 0.2) is 0 Å². The summed E-state index contributed by atoms with van der Waals surface area (Å²) in [4.78, 5) is 41.8. The van der Waals surface area contributed by atoms with Gasteiger partial charge in [0.1, 0.15) is 0 Å². The summed E-state index contributed by atoms with van der Waals surface area (Å²) in [5.41, 5.74) is 0. The van der Waals surface area contributed by atoms with E-state index in [9.17, 15) is 19.2 Å². The first kappa shape index (κ1) is 16.2. The molecule has 0 saturated carbocycles. The van der Waals surface area contributed by atoms with E-state index in [0.29, 0.717) is 25.7 Å². The number of hydrogen-bond donors (Lipinski definition) is 0. The zero-order valence-corrected chi connectivity index (χ0v) is 11.8. The second-order valence-corrected chi connectivity index (χ2v) is 4.56. The molecule has 0 spiro atoms. The highest BCUT2D eigenvalue weighted by Gasteiger charge is 2.26. The summed E-state index contributed by atoms with van der Waals surface area (Å²) in [6.07, 6.45) is 1.41. The first-order valence-corrected chi connectivity index (χ1v) is 5.88. The molecule has 7 nitrogen and oxygen atoms in total. The van der Waals surface area contributed by atoms with Crippen LogP contribution in [0.5, 0.6) is 0 Å². The van der Waals surface area contributed by atoms with Gasteiger partial charge in [-0.3, -0.25) is 19.2 Å². The summed E-state index contributed by atoms with van der Waals surface area (Å²) in [6.45, 7) is 0. The van der Waals surface area contributed by atoms with E-state index in [1.165, 1.54) is 0 Å². The highest BCUT2D eigenvalue weighted by atomic mass is 79.9. The minimum absolute atomic E-state index is 0. The lowest BCUT2D eigenvalue weighted by molar-refractivity contribution is -0.133. The van der Waals surface area contributed by atoms with Crippen molar-refractivity contribution in [3.63, 3.8) is 0 Å². The average Bonchev–Trinajstić information content (AvgIpc) is 2.70. The molecule has 2 heterocycles. The van der Waals surface area contributed by atoms with E-state index in [1.807, 2.05) is 0 Å². The largest absolute Gasteiger partial charge is 0.412 e. The molecule has 9 heteroatoms. The Morgan fingerprint density at radius 1 is 0.647 bits per heavy atom. The van der Waals surface area contributed by atoms with E-state index in [1.54, 1.807) is 0 Å². The van der Waals surface area contributed by atoms with Crippen molar-refractivity contribution in [2.45, 2.75) is 25.7 Å². The van der Waals surface area contributed by atoms with Crippen molar-refractivity contribution >= 4 is 55.9 Å². The quantitative estimate of drug-likeness (QED) is 0.442. The first-order valence-electron chi connectivity index (χ1n) is 4.46. The van der Waals surface area contributed by atoms with Gasteiger partial charge in [-0.25, -0.2) is 7.85 Å².